The fraction of sp³-hybridized carbons (Fsp3) is 0.300. The SMILES string of the molecule is O=C1OC(CCl)CN1c1ccc(Cl)cc1. The quantitative estimate of drug-likeness (QED) is 0.751. The minimum absolute atomic E-state index is 0.227. The molecule has 0 aromatic heterocycles. The van der Waals surface area contributed by atoms with E-state index in [1.54, 1.807) is 29.2 Å². The number of ether oxygens (including phenoxy) is 1. The number of benzene rings is 1. The maximum Gasteiger partial charge on any atom is 0.414 e. The Balaban J connectivity index is 2.18. The summed E-state index contributed by atoms with van der Waals surface area (Å²) in [5, 5.41) is 0.639. The Labute approximate surface area is 97.5 Å². The lowest BCUT2D eigenvalue weighted by Gasteiger charge is -2.12. The highest BCUT2D eigenvalue weighted by molar-refractivity contribution is 6.30. The van der Waals surface area contributed by atoms with E-state index in [0.29, 0.717) is 17.4 Å². The van der Waals surface area contributed by atoms with Crippen LogP contribution < -0.4 is 4.90 Å². The fourth-order valence-electron chi connectivity index (χ4n) is 1.43. The number of rotatable bonds is 2. The molecule has 1 unspecified atom stereocenters. The lowest BCUT2D eigenvalue weighted by atomic mass is 10.3. The standard InChI is InChI=1S/C10H9Cl2NO2/c11-5-9-6-13(10(14)15-9)8-3-1-7(12)2-4-8/h1-4,9H,5-6H2. The number of carbonyl (C=O) groups is 1. The predicted octanol–water partition coefficient (Wildman–Crippen LogP) is 2.90. The Bertz CT molecular complexity index is 366. The van der Waals surface area contributed by atoms with E-state index in [9.17, 15) is 4.79 Å². The van der Waals surface area contributed by atoms with Gasteiger partial charge < -0.3 is 4.74 Å². The topological polar surface area (TPSA) is 29.5 Å². The summed E-state index contributed by atoms with van der Waals surface area (Å²) < 4.78 is 5.03. The molecule has 0 spiro atoms. The first kappa shape index (κ1) is 10.6. The van der Waals surface area contributed by atoms with Crippen molar-refractivity contribution in [3.05, 3.63) is 29.3 Å². The minimum Gasteiger partial charge on any atom is -0.443 e. The molecule has 1 saturated heterocycles. The third-order valence-corrected chi connectivity index (χ3v) is 2.78. The Morgan fingerprint density at radius 3 is 2.60 bits per heavy atom. The van der Waals surface area contributed by atoms with Gasteiger partial charge in [0.25, 0.3) is 0 Å². The van der Waals surface area contributed by atoms with E-state index in [-0.39, 0.29) is 12.2 Å². The number of amides is 1. The van der Waals surface area contributed by atoms with Crippen molar-refractivity contribution in [3.63, 3.8) is 0 Å². The molecule has 1 aromatic rings. The van der Waals surface area contributed by atoms with Crippen LogP contribution in [0, 0.1) is 0 Å². The first-order valence-electron chi connectivity index (χ1n) is 4.50. The maximum atomic E-state index is 11.4. The molecule has 1 heterocycles. The molecule has 5 heteroatoms. The van der Waals surface area contributed by atoms with Crippen LogP contribution in [0.25, 0.3) is 0 Å². The van der Waals surface area contributed by atoms with Crippen LogP contribution >= 0.6 is 23.2 Å². The average molecular weight is 246 g/mol. The van der Waals surface area contributed by atoms with E-state index in [4.69, 9.17) is 27.9 Å². The van der Waals surface area contributed by atoms with Gasteiger partial charge in [0.2, 0.25) is 0 Å². The lowest BCUT2D eigenvalue weighted by Crippen LogP contribution is -2.24. The summed E-state index contributed by atoms with van der Waals surface area (Å²) in [5.74, 6) is 0.315. The molecule has 0 N–H and O–H groups in total. The smallest absolute Gasteiger partial charge is 0.414 e. The van der Waals surface area contributed by atoms with Crippen molar-refractivity contribution < 1.29 is 9.53 Å². The van der Waals surface area contributed by atoms with Crippen LogP contribution in [0.5, 0.6) is 0 Å². The van der Waals surface area contributed by atoms with Gasteiger partial charge >= 0.3 is 6.09 Å². The third kappa shape index (κ3) is 2.19. The molecule has 0 aliphatic carbocycles. The third-order valence-electron chi connectivity index (χ3n) is 2.18. The number of halogens is 2. The van der Waals surface area contributed by atoms with Crippen LogP contribution in [-0.2, 0) is 4.74 Å². The molecular formula is C10H9Cl2NO2. The van der Waals surface area contributed by atoms with Gasteiger partial charge in [-0.25, -0.2) is 4.79 Å². The second kappa shape index (κ2) is 4.29. The van der Waals surface area contributed by atoms with Crippen LogP contribution in [0.4, 0.5) is 10.5 Å². The van der Waals surface area contributed by atoms with Crippen molar-refractivity contribution in [2.24, 2.45) is 0 Å². The lowest BCUT2D eigenvalue weighted by molar-refractivity contribution is 0.151. The van der Waals surface area contributed by atoms with Crippen LogP contribution in [-0.4, -0.2) is 24.6 Å². The van der Waals surface area contributed by atoms with Gasteiger partial charge in [-0.15, -0.1) is 11.6 Å². The van der Waals surface area contributed by atoms with Gasteiger partial charge in [0.15, 0.2) is 0 Å². The van der Waals surface area contributed by atoms with E-state index in [1.807, 2.05) is 0 Å². The summed E-state index contributed by atoms with van der Waals surface area (Å²) in [6.07, 6.45) is -0.585. The maximum absolute atomic E-state index is 11.4. The fourth-order valence-corrected chi connectivity index (χ4v) is 1.72. The normalized spacial score (nSPS) is 20.5. The van der Waals surface area contributed by atoms with Gasteiger partial charge in [0.1, 0.15) is 6.10 Å². The van der Waals surface area contributed by atoms with Crippen LogP contribution in [0.1, 0.15) is 0 Å². The van der Waals surface area contributed by atoms with Gasteiger partial charge in [-0.1, -0.05) is 11.6 Å². The number of carbonyl (C=O) groups excluding carboxylic acids is 1. The number of anilines is 1. The molecule has 1 atom stereocenters. The van der Waals surface area contributed by atoms with E-state index in [2.05, 4.69) is 0 Å². The second-order valence-electron chi connectivity index (χ2n) is 3.25. The van der Waals surface area contributed by atoms with E-state index in [1.165, 1.54) is 0 Å². The molecule has 0 radical (unpaired) electrons. The molecule has 2 rings (SSSR count). The number of alkyl halides is 1. The van der Waals surface area contributed by atoms with Crippen molar-refractivity contribution in [1.82, 2.24) is 0 Å². The van der Waals surface area contributed by atoms with Crippen LogP contribution in [0.2, 0.25) is 5.02 Å². The average Bonchev–Trinajstić information content (AvgIpc) is 2.61. The summed E-state index contributed by atoms with van der Waals surface area (Å²) >= 11 is 11.4. The van der Waals surface area contributed by atoms with E-state index < -0.39 is 0 Å². The Hall–Kier alpha value is -0.930. The number of cyclic esters (lactones) is 1. The van der Waals surface area contributed by atoms with E-state index >= 15 is 0 Å². The molecule has 15 heavy (non-hydrogen) atoms. The molecule has 1 aliphatic rings. The van der Waals surface area contributed by atoms with Crippen molar-refractivity contribution in [2.75, 3.05) is 17.3 Å². The zero-order chi connectivity index (χ0) is 10.8. The largest absolute Gasteiger partial charge is 0.443 e. The van der Waals surface area contributed by atoms with Crippen LogP contribution in [0.15, 0.2) is 24.3 Å². The summed E-state index contributed by atoms with van der Waals surface area (Å²) in [6, 6.07) is 7.02. The molecule has 0 bridgehead atoms. The molecular weight excluding hydrogens is 237 g/mol. The van der Waals surface area contributed by atoms with E-state index in [0.717, 1.165) is 5.69 Å². The first-order valence-corrected chi connectivity index (χ1v) is 5.41. The summed E-state index contributed by atoms with van der Waals surface area (Å²) in [6.45, 7) is 0.490. The molecule has 1 aliphatic heterocycles. The van der Waals surface area contributed by atoms with Gasteiger partial charge in [0, 0.05) is 10.7 Å². The minimum atomic E-state index is -0.358. The monoisotopic (exact) mass is 245 g/mol. The highest BCUT2D eigenvalue weighted by atomic mass is 35.5. The predicted molar refractivity (Wildman–Crippen MR) is 59.8 cm³/mol. The number of hydrogen-bond acceptors (Lipinski definition) is 2. The van der Waals surface area contributed by atoms with Crippen molar-refractivity contribution in [1.29, 1.82) is 0 Å². The van der Waals surface area contributed by atoms with Gasteiger partial charge in [-0.2, -0.15) is 0 Å². The number of hydrogen-bond donors (Lipinski definition) is 0. The zero-order valence-corrected chi connectivity index (χ0v) is 9.33. The Kier molecular flexibility index (Phi) is 3.03. The molecule has 80 valence electrons. The van der Waals surface area contributed by atoms with Crippen LogP contribution in [0.3, 0.4) is 0 Å². The molecule has 0 saturated carbocycles. The zero-order valence-electron chi connectivity index (χ0n) is 7.82. The van der Waals surface area contributed by atoms with Gasteiger partial charge in [-0.3, -0.25) is 4.90 Å². The summed E-state index contributed by atoms with van der Waals surface area (Å²) in [5.41, 5.74) is 0.775. The Morgan fingerprint density at radius 1 is 1.40 bits per heavy atom. The van der Waals surface area contributed by atoms with Gasteiger partial charge in [0.05, 0.1) is 12.4 Å². The van der Waals surface area contributed by atoms with Crippen molar-refractivity contribution in [2.45, 2.75) is 6.10 Å². The molecule has 1 fully saturated rings. The Morgan fingerprint density at radius 2 is 2.07 bits per heavy atom. The second-order valence-corrected chi connectivity index (χ2v) is 3.99. The highest BCUT2D eigenvalue weighted by Crippen LogP contribution is 2.23. The van der Waals surface area contributed by atoms with Crippen molar-refractivity contribution in [3.8, 4) is 0 Å². The highest BCUT2D eigenvalue weighted by Gasteiger charge is 2.31. The molecule has 3 nitrogen and oxygen atoms in total. The molecule has 1 aromatic carbocycles. The summed E-state index contributed by atoms with van der Waals surface area (Å²) in [4.78, 5) is 13.0. The number of nitrogens with zero attached hydrogens (tertiary/aromatic N) is 1. The molecule has 1 amide bonds. The summed E-state index contributed by atoms with van der Waals surface area (Å²) in [7, 11) is 0. The first-order chi connectivity index (χ1) is 7.20. The van der Waals surface area contributed by atoms with Gasteiger partial charge in [-0.05, 0) is 24.3 Å². The van der Waals surface area contributed by atoms with Crippen molar-refractivity contribution >= 4 is 35.0 Å².